The summed E-state index contributed by atoms with van der Waals surface area (Å²) in [7, 11) is 1.66. The highest BCUT2D eigenvalue weighted by Crippen LogP contribution is 2.65. The summed E-state index contributed by atoms with van der Waals surface area (Å²) < 4.78 is 5.28. The molecule has 2 atom stereocenters. The Balaban J connectivity index is 1.46. The number of Topliss-reactive ketones (excluding diaryl/α,β-unsaturated/α-hetero) is 1. The van der Waals surface area contributed by atoms with Gasteiger partial charge in [-0.05, 0) is 53.5 Å². The van der Waals surface area contributed by atoms with Crippen LogP contribution >= 0.6 is 0 Å². The zero-order valence-corrected chi connectivity index (χ0v) is 17.4. The van der Waals surface area contributed by atoms with Crippen LogP contribution in [-0.2, 0) is 4.79 Å². The fourth-order valence-electron chi connectivity index (χ4n) is 5.26. The quantitative estimate of drug-likeness (QED) is 0.592. The molecule has 2 aromatic carbocycles. The van der Waals surface area contributed by atoms with Crippen LogP contribution in [0.1, 0.15) is 39.2 Å². The zero-order valence-electron chi connectivity index (χ0n) is 17.4. The van der Waals surface area contributed by atoms with E-state index in [0.717, 1.165) is 52.1 Å². The number of nitrogens with one attached hydrogen (secondary N) is 1. The number of benzene rings is 2. The average molecular weight is 386 g/mol. The monoisotopic (exact) mass is 386 g/mol. The summed E-state index contributed by atoms with van der Waals surface area (Å²) >= 11 is 0. The molecule has 2 aliphatic rings. The Bertz CT molecular complexity index is 1150. The number of rotatable bonds is 3. The number of imidazole rings is 1. The third-order valence-corrected chi connectivity index (χ3v) is 7.56. The topological polar surface area (TPSA) is 55.0 Å². The first-order chi connectivity index (χ1) is 13.8. The van der Waals surface area contributed by atoms with E-state index in [1.54, 1.807) is 7.11 Å². The summed E-state index contributed by atoms with van der Waals surface area (Å²) in [5, 5.41) is 0. The predicted molar refractivity (Wildman–Crippen MR) is 116 cm³/mol. The predicted octanol–water partition coefficient (Wildman–Crippen LogP) is 5.65. The van der Waals surface area contributed by atoms with E-state index >= 15 is 0 Å². The Morgan fingerprint density at radius 2 is 1.90 bits per heavy atom. The Morgan fingerprint density at radius 1 is 1.14 bits per heavy atom. The number of hydrogen-bond acceptors (Lipinski definition) is 3. The molecule has 5 rings (SSSR count). The first kappa shape index (κ1) is 18.2. The molecule has 2 fully saturated rings. The van der Waals surface area contributed by atoms with Crippen LogP contribution in [0.25, 0.3) is 28.5 Å². The number of aromatic nitrogens is 2. The van der Waals surface area contributed by atoms with E-state index in [9.17, 15) is 4.79 Å². The highest BCUT2D eigenvalue weighted by Gasteiger charge is 2.63. The normalized spacial score (nSPS) is 26.6. The van der Waals surface area contributed by atoms with Crippen molar-refractivity contribution in [2.45, 2.75) is 33.6 Å². The molecular weight excluding hydrogens is 360 g/mol. The molecule has 1 heterocycles. The highest BCUT2D eigenvalue weighted by atomic mass is 16.5. The van der Waals surface area contributed by atoms with Crippen molar-refractivity contribution in [3.63, 3.8) is 0 Å². The number of carbonyl (C=O) groups excluding carboxylic acids is 1. The molecule has 2 unspecified atom stereocenters. The van der Waals surface area contributed by atoms with Crippen molar-refractivity contribution in [3.8, 4) is 17.1 Å². The molecule has 4 heteroatoms. The number of H-pyrrole nitrogens is 1. The van der Waals surface area contributed by atoms with Crippen LogP contribution in [0.2, 0.25) is 0 Å². The van der Waals surface area contributed by atoms with Crippen LogP contribution in [0.3, 0.4) is 0 Å². The maximum Gasteiger partial charge on any atom is 0.165 e. The summed E-state index contributed by atoms with van der Waals surface area (Å²) in [5.41, 5.74) is 4.80. The second kappa shape index (κ2) is 6.06. The lowest BCUT2D eigenvalue weighted by atomic mass is 9.70. The van der Waals surface area contributed by atoms with Gasteiger partial charge in [-0.2, -0.15) is 0 Å². The van der Waals surface area contributed by atoms with Crippen molar-refractivity contribution >= 4 is 22.9 Å². The summed E-state index contributed by atoms with van der Waals surface area (Å²) in [5.74, 6) is 2.33. The van der Waals surface area contributed by atoms with Gasteiger partial charge in [0.15, 0.2) is 5.78 Å². The first-order valence-electron chi connectivity index (χ1n) is 10.2. The second-order valence-corrected chi connectivity index (χ2v) is 9.16. The van der Waals surface area contributed by atoms with Crippen molar-refractivity contribution in [3.05, 3.63) is 53.6 Å². The van der Waals surface area contributed by atoms with Crippen molar-refractivity contribution in [1.82, 2.24) is 9.97 Å². The summed E-state index contributed by atoms with van der Waals surface area (Å²) in [6.45, 7) is 6.65. The van der Waals surface area contributed by atoms with Gasteiger partial charge in [0, 0.05) is 17.0 Å². The molecule has 3 aromatic rings. The second-order valence-electron chi connectivity index (χ2n) is 9.16. The number of nitrogens with zero attached hydrogens (tertiary/aromatic N) is 1. The van der Waals surface area contributed by atoms with Gasteiger partial charge in [-0.3, -0.25) is 4.79 Å². The lowest BCUT2D eigenvalue weighted by Gasteiger charge is -2.31. The molecule has 1 N–H and O–H groups in total. The lowest BCUT2D eigenvalue weighted by Crippen LogP contribution is -2.32. The van der Waals surface area contributed by atoms with E-state index in [0.29, 0.717) is 11.7 Å². The van der Waals surface area contributed by atoms with E-state index < -0.39 is 0 Å². The third kappa shape index (κ3) is 2.51. The molecule has 0 spiro atoms. The minimum Gasteiger partial charge on any atom is -0.497 e. The van der Waals surface area contributed by atoms with Gasteiger partial charge in [0.05, 0.1) is 18.1 Å². The van der Waals surface area contributed by atoms with E-state index in [4.69, 9.17) is 9.72 Å². The molecule has 2 aliphatic carbocycles. The molecule has 0 aliphatic heterocycles. The average Bonchev–Trinajstić information content (AvgIpc) is 3.28. The van der Waals surface area contributed by atoms with Crippen LogP contribution in [-0.4, -0.2) is 22.9 Å². The molecule has 29 heavy (non-hydrogen) atoms. The van der Waals surface area contributed by atoms with Gasteiger partial charge in [0.1, 0.15) is 11.6 Å². The number of allylic oxidation sites excluding steroid dienone is 1. The number of ketones is 1. The van der Waals surface area contributed by atoms with Crippen molar-refractivity contribution in [2.24, 2.45) is 16.7 Å². The summed E-state index contributed by atoms with van der Waals surface area (Å²) in [4.78, 5) is 21.1. The van der Waals surface area contributed by atoms with Crippen LogP contribution in [0.15, 0.2) is 48.0 Å². The van der Waals surface area contributed by atoms with Gasteiger partial charge in [0.2, 0.25) is 0 Å². The van der Waals surface area contributed by atoms with E-state index in [-0.39, 0.29) is 10.8 Å². The number of hydrogen-bond donors (Lipinski definition) is 1. The van der Waals surface area contributed by atoms with Gasteiger partial charge in [-0.1, -0.05) is 45.0 Å². The largest absolute Gasteiger partial charge is 0.497 e. The number of aromatic amines is 1. The SMILES string of the molecule is COc1ccc2[nH]c(-c3ccc(/C=C4\C(=O)C5(C)CCC4C5(C)C)cc3)nc2c1. The van der Waals surface area contributed by atoms with Gasteiger partial charge >= 0.3 is 0 Å². The molecular formula is C25H26N2O2. The Morgan fingerprint density at radius 3 is 2.55 bits per heavy atom. The fourth-order valence-corrected chi connectivity index (χ4v) is 5.26. The fraction of sp³-hybridized carbons (Fsp3) is 0.360. The maximum absolute atomic E-state index is 13.1. The molecule has 0 radical (unpaired) electrons. The van der Waals surface area contributed by atoms with Crippen molar-refractivity contribution in [1.29, 1.82) is 0 Å². The number of fused-ring (bicyclic) bond motifs is 3. The molecule has 2 saturated carbocycles. The number of ether oxygens (including phenoxy) is 1. The van der Waals surface area contributed by atoms with Crippen molar-refractivity contribution < 1.29 is 9.53 Å². The van der Waals surface area contributed by atoms with Crippen LogP contribution in [0.4, 0.5) is 0 Å². The van der Waals surface area contributed by atoms with E-state index in [1.165, 1.54) is 0 Å². The number of carbonyl (C=O) groups is 1. The molecule has 148 valence electrons. The molecule has 4 nitrogen and oxygen atoms in total. The standard InChI is InChI=1S/C25H26N2O2/c1-24(2)19-11-12-25(24,3)22(28)18(19)13-15-5-7-16(8-6-15)23-26-20-10-9-17(29-4)14-21(20)27-23/h5-10,13-14,19H,11-12H2,1-4H3,(H,26,27)/b18-13-. The Labute approximate surface area is 171 Å². The summed E-state index contributed by atoms with van der Waals surface area (Å²) in [6.07, 6.45) is 4.23. The Hall–Kier alpha value is -2.88. The third-order valence-electron chi connectivity index (χ3n) is 7.56. The van der Waals surface area contributed by atoms with Crippen LogP contribution in [0.5, 0.6) is 5.75 Å². The minimum absolute atomic E-state index is 0.0468. The van der Waals surface area contributed by atoms with Gasteiger partial charge in [-0.25, -0.2) is 4.98 Å². The summed E-state index contributed by atoms with van der Waals surface area (Å²) in [6, 6.07) is 14.1. The Kier molecular flexibility index (Phi) is 3.79. The highest BCUT2D eigenvalue weighted by molar-refractivity contribution is 6.08. The van der Waals surface area contributed by atoms with Gasteiger partial charge in [-0.15, -0.1) is 0 Å². The first-order valence-corrected chi connectivity index (χ1v) is 10.2. The number of methoxy groups -OCH3 is 1. The zero-order chi connectivity index (χ0) is 20.4. The smallest absolute Gasteiger partial charge is 0.165 e. The molecule has 0 amide bonds. The molecule has 0 saturated heterocycles. The van der Waals surface area contributed by atoms with E-state index in [2.05, 4.69) is 56.1 Å². The van der Waals surface area contributed by atoms with Crippen LogP contribution in [0, 0.1) is 16.7 Å². The van der Waals surface area contributed by atoms with Crippen molar-refractivity contribution in [2.75, 3.05) is 7.11 Å². The van der Waals surface area contributed by atoms with Gasteiger partial charge < -0.3 is 9.72 Å². The molecule has 2 bridgehead atoms. The minimum atomic E-state index is -0.210. The van der Waals surface area contributed by atoms with Crippen LogP contribution < -0.4 is 4.74 Å². The van der Waals surface area contributed by atoms with Gasteiger partial charge in [0.25, 0.3) is 0 Å². The molecule has 1 aromatic heterocycles. The lowest BCUT2D eigenvalue weighted by molar-refractivity contribution is -0.125. The maximum atomic E-state index is 13.1. The van der Waals surface area contributed by atoms with E-state index in [1.807, 2.05) is 18.2 Å².